The molecule has 0 bridgehead atoms. The molecule has 5 rings (SSSR count). The molecule has 29 heavy (non-hydrogen) atoms. The molecular formula is C21H20ClN5O2. The van der Waals surface area contributed by atoms with Gasteiger partial charge < -0.3 is 18.6 Å². The van der Waals surface area contributed by atoms with Gasteiger partial charge in [0.05, 0.1) is 16.3 Å². The number of imidazole rings is 1. The number of hydrogen-bond donors (Lipinski definition) is 0. The maximum Gasteiger partial charge on any atom is 0.347 e. The van der Waals surface area contributed by atoms with E-state index in [0.717, 1.165) is 43.8 Å². The summed E-state index contributed by atoms with van der Waals surface area (Å²) < 4.78 is 7.36. The summed E-state index contributed by atoms with van der Waals surface area (Å²) in [5, 5.41) is 1.29. The Bertz CT molecular complexity index is 1270. The summed E-state index contributed by atoms with van der Waals surface area (Å²) in [4.78, 5) is 26.3. The summed E-state index contributed by atoms with van der Waals surface area (Å²) in [6.07, 6.45) is 4.69. The van der Waals surface area contributed by atoms with E-state index in [2.05, 4.69) is 26.8 Å². The minimum atomic E-state index is -0.461. The molecule has 4 aromatic heterocycles. The van der Waals surface area contributed by atoms with Crippen molar-refractivity contribution in [3.05, 3.63) is 58.2 Å². The summed E-state index contributed by atoms with van der Waals surface area (Å²) in [6, 6.07) is 9.31. The third-order valence-electron chi connectivity index (χ3n) is 5.34. The number of rotatable bonds is 2. The normalized spacial score (nSPS) is 15.9. The lowest BCUT2D eigenvalue weighted by atomic mass is 10.2. The van der Waals surface area contributed by atoms with Crippen molar-refractivity contribution in [3.8, 4) is 11.3 Å². The van der Waals surface area contributed by atoms with Crippen molar-refractivity contribution in [1.29, 1.82) is 0 Å². The van der Waals surface area contributed by atoms with E-state index in [1.54, 1.807) is 22.7 Å². The highest BCUT2D eigenvalue weighted by Crippen LogP contribution is 2.25. The smallest absolute Gasteiger partial charge is 0.347 e. The standard InChI is InChI=1S/C21H20ClN5O2/c1-25-7-3-9-26(11-10-25)18-6-5-14-12-15(21(28)29-20(14)24-18)17-13-27-8-2-4-16(22)19(27)23-17/h2,4-6,8,12-13H,3,7,9-11H2,1H3. The zero-order valence-corrected chi connectivity index (χ0v) is 16.8. The molecule has 0 N–H and O–H groups in total. The molecule has 0 amide bonds. The van der Waals surface area contributed by atoms with Gasteiger partial charge in [-0.15, -0.1) is 0 Å². The predicted molar refractivity (Wildman–Crippen MR) is 114 cm³/mol. The third kappa shape index (κ3) is 3.36. The van der Waals surface area contributed by atoms with Gasteiger partial charge in [-0.3, -0.25) is 0 Å². The number of pyridine rings is 2. The van der Waals surface area contributed by atoms with Crippen molar-refractivity contribution in [2.75, 3.05) is 38.1 Å². The van der Waals surface area contributed by atoms with Crippen LogP contribution >= 0.6 is 11.6 Å². The molecule has 0 aliphatic carbocycles. The summed E-state index contributed by atoms with van der Waals surface area (Å²) >= 11 is 6.20. The van der Waals surface area contributed by atoms with Gasteiger partial charge in [0, 0.05) is 37.4 Å². The predicted octanol–water partition coefficient (Wildman–Crippen LogP) is 3.30. The Morgan fingerprint density at radius 3 is 2.86 bits per heavy atom. The number of likely N-dealkylation sites (N-methyl/N-ethyl adjacent to an activating group) is 1. The molecule has 1 saturated heterocycles. The Morgan fingerprint density at radius 1 is 1.10 bits per heavy atom. The molecule has 0 atom stereocenters. The molecule has 148 valence electrons. The van der Waals surface area contributed by atoms with Gasteiger partial charge in [-0.1, -0.05) is 11.6 Å². The van der Waals surface area contributed by atoms with Crippen LogP contribution in [0.1, 0.15) is 6.42 Å². The Balaban J connectivity index is 1.54. The zero-order chi connectivity index (χ0) is 20.0. The molecule has 1 aliphatic rings. The van der Waals surface area contributed by atoms with E-state index in [0.29, 0.717) is 27.6 Å². The van der Waals surface area contributed by atoms with Gasteiger partial charge in [-0.2, -0.15) is 4.98 Å². The minimum absolute atomic E-state index is 0.343. The molecule has 5 heterocycles. The van der Waals surface area contributed by atoms with Crippen LogP contribution in [0.5, 0.6) is 0 Å². The molecule has 7 nitrogen and oxygen atoms in total. The fraction of sp³-hybridized carbons (Fsp3) is 0.286. The molecule has 1 fully saturated rings. The molecule has 0 spiro atoms. The summed E-state index contributed by atoms with van der Waals surface area (Å²) in [5.41, 5.74) is 1.40. The summed E-state index contributed by atoms with van der Waals surface area (Å²) in [7, 11) is 2.13. The van der Waals surface area contributed by atoms with E-state index in [4.69, 9.17) is 16.0 Å². The van der Waals surface area contributed by atoms with Crippen LogP contribution in [0.3, 0.4) is 0 Å². The van der Waals surface area contributed by atoms with Crippen LogP contribution in [0.15, 0.2) is 51.9 Å². The Hall–Kier alpha value is -2.90. The fourth-order valence-electron chi connectivity index (χ4n) is 3.73. The molecule has 8 heteroatoms. The van der Waals surface area contributed by atoms with Crippen molar-refractivity contribution in [1.82, 2.24) is 19.3 Å². The second kappa shape index (κ2) is 7.17. The molecule has 0 saturated carbocycles. The van der Waals surface area contributed by atoms with Crippen molar-refractivity contribution in [2.45, 2.75) is 6.42 Å². The first kappa shape index (κ1) is 18.1. The van der Waals surface area contributed by atoms with Crippen molar-refractivity contribution in [3.63, 3.8) is 0 Å². The van der Waals surface area contributed by atoms with E-state index >= 15 is 0 Å². The Labute approximate surface area is 172 Å². The molecule has 0 radical (unpaired) electrons. The maximum atomic E-state index is 12.7. The fourth-order valence-corrected chi connectivity index (χ4v) is 3.94. The molecule has 4 aromatic rings. The van der Waals surface area contributed by atoms with Gasteiger partial charge in [0.25, 0.3) is 0 Å². The molecule has 0 aromatic carbocycles. The van der Waals surface area contributed by atoms with Crippen LogP contribution in [0.2, 0.25) is 5.02 Å². The van der Waals surface area contributed by atoms with Crippen LogP contribution in [0.4, 0.5) is 5.82 Å². The minimum Gasteiger partial charge on any atom is -0.403 e. The monoisotopic (exact) mass is 409 g/mol. The second-order valence-electron chi connectivity index (χ2n) is 7.37. The van der Waals surface area contributed by atoms with E-state index in [9.17, 15) is 4.79 Å². The Kier molecular flexibility index (Phi) is 4.49. The van der Waals surface area contributed by atoms with Gasteiger partial charge >= 0.3 is 5.63 Å². The van der Waals surface area contributed by atoms with Crippen LogP contribution in [0, 0.1) is 0 Å². The number of nitrogens with zero attached hydrogens (tertiary/aromatic N) is 5. The average Bonchev–Trinajstić information content (AvgIpc) is 3.03. The lowest BCUT2D eigenvalue weighted by Gasteiger charge is -2.21. The highest BCUT2D eigenvalue weighted by Gasteiger charge is 2.17. The zero-order valence-electron chi connectivity index (χ0n) is 16.0. The number of aromatic nitrogens is 3. The van der Waals surface area contributed by atoms with Gasteiger partial charge in [-0.25, -0.2) is 9.78 Å². The number of hydrogen-bond acceptors (Lipinski definition) is 6. The van der Waals surface area contributed by atoms with E-state index in [1.165, 1.54) is 0 Å². The largest absolute Gasteiger partial charge is 0.403 e. The van der Waals surface area contributed by atoms with Gasteiger partial charge in [0.2, 0.25) is 5.71 Å². The van der Waals surface area contributed by atoms with Gasteiger partial charge in [-0.05, 0) is 50.3 Å². The first-order valence-corrected chi connectivity index (χ1v) is 9.98. The van der Waals surface area contributed by atoms with Crippen LogP contribution in [0.25, 0.3) is 28.0 Å². The maximum absolute atomic E-state index is 12.7. The van der Waals surface area contributed by atoms with Crippen molar-refractivity contribution < 1.29 is 4.42 Å². The number of halogens is 1. The number of fused-ring (bicyclic) bond motifs is 2. The lowest BCUT2D eigenvalue weighted by molar-refractivity contribution is 0.360. The first-order valence-electron chi connectivity index (χ1n) is 9.60. The van der Waals surface area contributed by atoms with Gasteiger partial charge in [0.15, 0.2) is 5.65 Å². The van der Waals surface area contributed by atoms with Crippen molar-refractivity contribution in [2.24, 2.45) is 0 Å². The summed E-state index contributed by atoms with van der Waals surface area (Å²) in [6.45, 7) is 3.90. The Morgan fingerprint density at radius 2 is 2.00 bits per heavy atom. The summed E-state index contributed by atoms with van der Waals surface area (Å²) in [5.74, 6) is 0.836. The van der Waals surface area contributed by atoms with E-state index in [-0.39, 0.29) is 0 Å². The molecular weight excluding hydrogens is 390 g/mol. The molecule has 1 aliphatic heterocycles. The van der Waals surface area contributed by atoms with Crippen LogP contribution in [-0.4, -0.2) is 52.5 Å². The van der Waals surface area contributed by atoms with Crippen LogP contribution < -0.4 is 10.5 Å². The van der Waals surface area contributed by atoms with Crippen LogP contribution in [-0.2, 0) is 0 Å². The van der Waals surface area contributed by atoms with E-state index in [1.807, 2.05) is 24.4 Å². The second-order valence-corrected chi connectivity index (χ2v) is 7.78. The molecule has 0 unspecified atom stereocenters. The van der Waals surface area contributed by atoms with E-state index < -0.39 is 5.63 Å². The van der Waals surface area contributed by atoms with Crippen molar-refractivity contribution >= 4 is 34.2 Å². The SMILES string of the molecule is CN1CCCN(c2ccc3cc(-c4cn5cccc(Cl)c5n4)c(=O)oc3n2)CC1. The van der Waals surface area contributed by atoms with Gasteiger partial charge in [0.1, 0.15) is 5.82 Å². The highest BCUT2D eigenvalue weighted by molar-refractivity contribution is 6.33. The lowest BCUT2D eigenvalue weighted by Crippen LogP contribution is -2.29. The quantitative estimate of drug-likeness (QED) is 0.506. The topological polar surface area (TPSA) is 66.9 Å². The third-order valence-corrected chi connectivity index (χ3v) is 5.63. The average molecular weight is 410 g/mol. The highest BCUT2D eigenvalue weighted by atomic mass is 35.5. The number of anilines is 1. The first-order chi connectivity index (χ1) is 14.1.